The summed E-state index contributed by atoms with van der Waals surface area (Å²) < 4.78 is 10.5. The van der Waals surface area contributed by atoms with Crippen LogP contribution in [-0.4, -0.2) is 19.8 Å². The first kappa shape index (κ1) is 11.1. The molecule has 1 rings (SSSR count). The Labute approximate surface area is 88.8 Å². The van der Waals surface area contributed by atoms with Gasteiger partial charge in [0.15, 0.2) is 0 Å². The molecule has 0 aliphatic carbocycles. The Morgan fingerprint density at radius 2 is 2.21 bits per heavy atom. The van der Waals surface area contributed by atoms with Gasteiger partial charge in [0.25, 0.3) is 0 Å². The Kier molecular flexibility index (Phi) is 4.04. The van der Waals surface area contributed by atoms with Gasteiger partial charge in [-0.3, -0.25) is 0 Å². The molecular weight excluding hydrogens is 202 g/mol. The Morgan fingerprint density at radius 3 is 2.86 bits per heavy atom. The number of anilines is 1. The van der Waals surface area contributed by atoms with E-state index in [9.17, 15) is 0 Å². The van der Waals surface area contributed by atoms with Gasteiger partial charge < -0.3 is 15.2 Å². The van der Waals surface area contributed by atoms with E-state index >= 15 is 0 Å². The van der Waals surface area contributed by atoms with Crippen LogP contribution in [0.5, 0.6) is 5.75 Å². The summed E-state index contributed by atoms with van der Waals surface area (Å²) in [5, 5.41) is 0.610. The molecule has 2 N–H and O–H groups in total. The molecule has 78 valence electrons. The normalized spacial score (nSPS) is 12.5. The van der Waals surface area contributed by atoms with E-state index in [2.05, 4.69) is 0 Å². The SMILES string of the molecule is COC(C)COc1cc(Cl)ccc1N. The third kappa shape index (κ3) is 3.09. The van der Waals surface area contributed by atoms with Crippen molar-refractivity contribution >= 4 is 17.3 Å². The standard InChI is InChI=1S/C10H14ClNO2/c1-7(13-2)6-14-10-5-8(11)3-4-9(10)12/h3-5,7H,6,12H2,1-2H3. The van der Waals surface area contributed by atoms with Gasteiger partial charge in [0.05, 0.1) is 11.8 Å². The van der Waals surface area contributed by atoms with Crippen molar-refractivity contribution in [2.45, 2.75) is 13.0 Å². The quantitative estimate of drug-likeness (QED) is 0.785. The second kappa shape index (κ2) is 5.08. The van der Waals surface area contributed by atoms with Crippen LogP contribution in [0.1, 0.15) is 6.92 Å². The van der Waals surface area contributed by atoms with Crippen molar-refractivity contribution in [1.82, 2.24) is 0 Å². The molecule has 1 atom stereocenters. The summed E-state index contributed by atoms with van der Waals surface area (Å²) in [6.07, 6.45) is 0.0355. The van der Waals surface area contributed by atoms with E-state index < -0.39 is 0 Å². The average Bonchev–Trinajstić information content (AvgIpc) is 2.19. The number of benzene rings is 1. The predicted octanol–water partition coefficient (Wildman–Crippen LogP) is 2.34. The van der Waals surface area contributed by atoms with Gasteiger partial charge in [-0.25, -0.2) is 0 Å². The minimum atomic E-state index is 0.0355. The van der Waals surface area contributed by atoms with E-state index in [0.29, 0.717) is 23.1 Å². The molecule has 0 bridgehead atoms. The van der Waals surface area contributed by atoms with Gasteiger partial charge in [0.2, 0.25) is 0 Å². The number of methoxy groups -OCH3 is 1. The highest BCUT2D eigenvalue weighted by Gasteiger charge is 2.04. The zero-order chi connectivity index (χ0) is 10.6. The first-order valence-corrected chi connectivity index (χ1v) is 4.72. The maximum absolute atomic E-state index is 5.80. The van der Waals surface area contributed by atoms with E-state index in [4.69, 9.17) is 26.8 Å². The van der Waals surface area contributed by atoms with Crippen LogP contribution < -0.4 is 10.5 Å². The summed E-state index contributed by atoms with van der Waals surface area (Å²) in [7, 11) is 1.63. The van der Waals surface area contributed by atoms with Crippen molar-refractivity contribution in [3.8, 4) is 5.75 Å². The minimum absolute atomic E-state index is 0.0355. The van der Waals surface area contributed by atoms with Gasteiger partial charge in [-0.05, 0) is 19.1 Å². The van der Waals surface area contributed by atoms with Gasteiger partial charge in [-0.2, -0.15) is 0 Å². The van der Waals surface area contributed by atoms with E-state index in [1.807, 2.05) is 6.92 Å². The minimum Gasteiger partial charge on any atom is -0.489 e. The molecule has 0 amide bonds. The molecule has 0 spiro atoms. The zero-order valence-electron chi connectivity index (χ0n) is 8.29. The van der Waals surface area contributed by atoms with Gasteiger partial charge in [-0.15, -0.1) is 0 Å². The maximum Gasteiger partial charge on any atom is 0.143 e. The Balaban J connectivity index is 2.62. The molecule has 1 unspecified atom stereocenters. The van der Waals surface area contributed by atoms with Crippen molar-refractivity contribution in [3.63, 3.8) is 0 Å². The number of nitrogen functional groups attached to an aromatic ring is 1. The zero-order valence-corrected chi connectivity index (χ0v) is 9.04. The summed E-state index contributed by atoms with van der Waals surface area (Å²) >= 11 is 5.80. The second-order valence-corrected chi connectivity index (χ2v) is 3.48. The van der Waals surface area contributed by atoms with Crippen LogP contribution in [0, 0.1) is 0 Å². The second-order valence-electron chi connectivity index (χ2n) is 3.04. The van der Waals surface area contributed by atoms with E-state index in [0.717, 1.165) is 0 Å². The third-order valence-electron chi connectivity index (χ3n) is 1.85. The summed E-state index contributed by atoms with van der Waals surface area (Å²) in [6, 6.07) is 5.14. The fourth-order valence-electron chi connectivity index (χ4n) is 0.908. The lowest BCUT2D eigenvalue weighted by Crippen LogP contribution is -2.16. The molecule has 0 saturated carbocycles. The highest BCUT2D eigenvalue weighted by atomic mass is 35.5. The summed E-state index contributed by atoms with van der Waals surface area (Å²) in [6.45, 7) is 2.38. The van der Waals surface area contributed by atoms with E-state index in [-0.39, 0.29) is 6.10 Å². The Bertz CT molecular complexity index is 304. The maximum atomic E-state index is 5.80. The molecule has 3 nitrogen and oxygen atoms in total. The summed E-state index contributed by atoms with van der Waals surface area (Å²) in [4.78, 5) is 0. The van der Waals surface area contributed by atoms with Crippen LogP contribution in [-0.2, 0) is 4.74 Å². The molecule has 14 heavy (non-hydrogen) atoms. The van der Waals surface area contributed by atoms with Crippen LogP contribution >= 0.6 is 11.6 Å². The van der Waals surface area contributed by atoms with Crippen molar-refractivity contribution < 1.29 is 9.47 Å². The fraction of sp³-hybridized carbons (Fsp3) is 0.400. The monoisotopic (exact) mass is 215 g/mol. The van der Waals surface area contributed by atoms with E-state index in [1.54, 1.807) is 25.3 Å². The number of halogens is 1. The van der Waals surface area contributed by atoms with Crippen molar-refractivity contribution in [1.29, 1.82) is 0 Å². The molecule has 0 fully saturated rings. The molecule has 0 heterocycles. The third-order valence-corrected chi connectivity index (χ3v) is 2.09. The van der Waals surface area contributed by atoms with Crippen molar-refractivity contribution in [2.75, 3.05) is 19.5 Å². The topological polar surface area (TPSA) is 44.5 Å². The average molecular weight is 216 g/mol. The van der Waals surface area contributed by atoms with Gasteiger partial charge in [0, 0.05) is 18.2 Å². The van der Waals surface area contributed by atoms with Gasteiger partial charge in [-0.1, -0.05) is 11.6 Å². The number of hydrogen-bond donors (Lipinski definition) is 1. The smallest absolute Gasteiger partial charge is 0.143 e. The number of nitrogens with two attached hydrogens (primary N) is 1. The lowest BCUT2D eigenvalue weighted by atomic mass is 10.3. The molecule has 0 saturated heterocycles. The molecular formula is C10H14ClNO2. The molecule has 1 aromatic rings. The lowest BCUT2D eigenvalue weighted by Gasteiger charge is -2.12. The highest BCUT2D eigenvalue weighted by molar-refractivity contribution is 6.30. The van der Waals surface area contributed by atoms with Crippen LogP contribution in [0.25, 0.3) is 0 Å². The summed E-state index contributed by atoms with van der Waals surface area (Å²) in [5.74, 6) is 0.599. The first-order chi connectivity index (χ1) is 6.63. The van der Waals surface area contributed by atoms with Crippen LogP contribution in [0.3, 0.4) is 0 Å². The number of ether oxygens (including phenoxy) is 2. The van der Waals surface area contributed by atoms with Gasteiger partial charge >= 0.3 is 0 Å². The molecule has 4 heteroatoms. The molecule has 0 aliphatic heterocycles. The summed E-state index contributed by atoms with van der Waals surface area (Å²) in [5.41, 5.74) is 6.27. The van der Waals surface area contributed by atoms with Gasteiger partial charge in [0.1, 0.15) is 12.4 Å². The van der Waals surface area contributed by atoms with Crippen LogP contribution in [0.15, 0.2) is 18.2 Å². The van der Waals surface area contributed by atoms with E-state index in [1.165, 1.54) is 0 Å². The van der Waals surface area contributed by atoms with Crippen LogP contribution in [0.2, 0.25) is 5.02 Å². The van der Waals surface area contributed by atoms with Crippen molar-refractivity contribution in [2.24, 2.45) is 0 Å². The molecule has 0 aromatic heterocycles. The number of rotatable bonds is 4. The Morgan fingerprint density at radius 1 is 1.50 bits per heavy atom. The molecule has 1 aromatic carbocycles. The Hall–Kier alpha value is -0.930. The molecule has 0 aliphatic rings. The van der Waals surface area contributed by atoms with Crippen molar-refractivity contribution in [3.05, 3.63) is 23.2 Å². The predicted molar refractivity (Wildman–Crippen MR) is 57.8 cm³/mol. The van der Waals surface area contributed by atoms with Crippen LogP contribution in [0.4, 0.5) is 5.69 Å². The molecule has 0 radical (unpaired) electrons. The highest BCUT2D eigenvalue weighted by Crippen LogP contribution is 2.25. The lowest BCUT2D eigenvalue weighted by molar-refractivity contribution is 0.0719. The number of hydrogen-bond acceptors (Lipinski definition) is 3. The largest absolute Gasteiger partial charge is 0.489 e. The fourth-order valence-corrected chi connectivity index (χ4v) is 1.07. The first-order valence-electron chi connectivity index (χ1n) is 4.34.